The number of aliphatic hydroxyl groups is 1. The van der Waals surface area contributed by atoms with Gasteiger partial charge < -0.3 is 20.4 Å². The second kappa shape index (κ2) is 5.64. The maximum absolute atomic E-state index is 12.3. The monoisotopic (exact) mass is 284 g/mol. The molecule has 9 heteroatoms. The van der Waals surface area contributed by atoms with Gasteiger partial charge in [-0.2, -0.15) is 13.2 Å². The summed E-state index contributed by atoms with van der Waals surface area (Å²) in [5.41, 5.74) is -1.48. The smallest absolute Gasteiger partial charge is 0.406 e. The number of alkyl halides is 3. The summed E-state index contributed by atoms with van der Waals surface area (Å²) in [6.07, 6.45) is -3.64. The lowest BCUT2D eigenvalue weighted by molar-refractivity contribution is -0.148. The molecule has 0 aromatic carbocycles. The second-order valence-electron chi connectivity index (χ2n) is 4.43. The Hall–Kier alpha value is -1.51. The van der Waals surface area contributed by atoms with E-state index >= 15 is 0 Å². The molecule has 1 rings (SSSR count). The van der Waals surface area contributed by atoms with Crippen molar-refractivity contribution >= 4 is 12.0 Å². The van der Waals surface area contributed by atoms with Crippen molar-refractivity contribution in [1.29, 1.82) is 0 Å². The first kappa shape index (κ1) is 15.5. The predicted molar refractivity (Wildman–Crippen MR) is 57.5 cm³/mol. The predicted octanol–water partition coefficient (Wildman–Crippen LogP) is 0.560. The van der Waals surface area contributed by atoms with E-state index in [1.54, 1.807) is 0 Å². The Kier molecular flexibility index (Phi) is 4.61. The molecule has 1 aliphatic carbocycles. The number of carboxylic acids is 1. The van der Waals surface area contributed by atoms with Crippen LogP contribution < -0.4 is 5.32 Å². The highest BCUT2D eigenvalue weighted by molar-refractivity contribution is 5.87. The number of carbonyl (C=O) groups excluding carboxylic acids is 1. The van der Waals surface area contributed by atoms with E-state index in [-0.39, 0.29) is 12.8 Å². The quantitative estimate of drug-likeness (QED) is 0.688. The molecule has 0 unspecified atom stereocenters. The van der Waals surface area contributed by atoms with Crippen LogP contribution in [0.25, 0.3) is 0 Å². The number of nitrogens with zero attached hydrogens (tertiary/aromatic N) is 1. The summed E-state index contributed by atoms with van der Waals surface area (Å²) in [4.78, 5) is 23.0. The molecule has 1 aliphatic rings. The Morgan fingerprint density at radius 2 is 1.89 bits per heavy atom. The van der Waals surface area contributed by atoms with E-state index < -0.39 is 43.4 Å². The fourth-order valence-electron chi connectivity index (χ4n) is 1.80. The van der Waals surface area contributed by atoms with Gasteiger partial charge in [-0.25, -0.2) is 9.59 Å². The van der Waals surface area contributed by atoms with Crippen molar-refractivity contribution in [3.63, 3.8) is 0 Å². The highest BCUT2D eigenvalue weighted by atomic mass is 19.4. The zero-order valence-corrected chi connectivity index (χ0v) is 10.0. The Labute approximate surface area is 107 Å². The van der Waals surface area contributed by atoms with Crippen molar-refractivity contribution in [2.45, 2.75) is 31.0 Å². The van der Waals surface area contributed by atoms with Crippen LogP contribution in [-0.2, 0) is 4.79 Å². The fraction of sp³-hybridized carbons (Fsp3) is 0.800. The van der Waals surface area contributed by atoms with Gasteiger partial charge in [-0.3, -0.25) is 0 Å². The van der Waals surface area contributed by atoms with E-state index in [0.29, 0.717) is 11.3 Å². The lowest BCUT2D eigenvalue weighted by atomic mass is 9.77. The maximum Gasteiger partial charge on any atom is 0.406 e. The van der Waals surface area contributed by atoms with E-state index in [4.69, 9.17) is 10.2 Å². The molecule has 0 spiro atoms. The van der Waals surface area contributed by atoms with E-state index in [9.17, 15) is 22.8 Å². The summed E-state index contributed by atoms with van der Waals surface area (Å²) in [7, 11) is 0. The first-order valence-corrected chi connectivity index (χ1v) is 5.68. The SMILES string of the molecule is O=C(NC1(C(=O)O)CCC1)N(CCO)CC(F)(F)F. The third kappa shape index (κ3) is 3.98. The molecule has 0 bridgehead atoms. The van der Waals surface area contributed by atoms with Crippen LogP contribution in [0, 0.1) is 0 Å². The second-order valence-corrected chi connectivity index (χ2v) is 4.43. The number of amides is 2. The molecule has 0 radical (unpaired) electrons. The third-order valence-corrected chi connectivity index (χ3v) is 2.99. The molecule has 0 saturated heterocycles. The van der Waals surface area contributed by atoms with Crippen LogP contribution in [0.4, 0.5) is 18.0 Å². The van der Waals surface area contributed by atoms with Gasteiger partial charge in [0.05, 0.1) is 6.61 Å². The summed E-state index contributed by atoms with van der Waals surface area (Å²) in [5.74, 6) is -1.26. The Morgan fingerprint density at radius 1 is 1.32 bits per heavy atom. The minimum absolute atomic E-state index is 0.188. The lowest BCUT2D eigenvalue weighted by Crippen LogP contribution is -2.62. The Balaban J connectivity index is 2.69. The number of hydrogen-bond donors (Lipinski definition) is 3. The molecule has 3 N–H and O–H groups in total. The molecule has 6 nitrogen and oxygen atoms in total. The van der Waals surface area contributed by atoms with E-state index in [1.807, 2.05) is 0 Å². The molecule has 0 aromatic heterocycles. The number of halogens is 3. The highest BCUT2D eigenvalue weighted by Crippen LogP contribution is 2.32. The first-order valence-electron chi connectivity index (χ1n) is 5.68. The summed E-state index contributed by atoms with van der Waals surface area (Å²) in [5, 5.41) is 19.7. The third-order valence-electron chi connectivity index (χ3n) is 2.99. The molecule has 0 aromatic rings. The van der Waals surface area contributed by atoms with Crippen molar-refractivity contribution in [3.05, 3.63) is 0 Å². The largest absolute Gasteiger partial charge is 0.480 e. The van der Waals surface area contributed by atoms with Crippen molar-refractivity contribution in [2.24, 2.45) is 0 Å². The van der Waals surface area contributed by atoms with Crippen molar-refractivity contribution in [3.8, 4) is 0 Å². The molecule has 0 aliphatic heterocycles. The van der Waals surface area contributed by atoms with Gasteiger partial charge in [-0.15, -0.1) is 0 Å². The molecule has 1 saturated carbocycles. The minimum Gasteiger partial charge on any atom is -0.480 e. The van der Waals surface area contributed by atoms with E-state index in [0.717, 1.165) is 0 Å². The molecule has 19 heavy (non-hydrogen) atoms. The van der Waals surface area contributed by atoms with Crippen LogP contribution in [0.1, 0.15) is 19.3 Å². The van der Waals surface area contributed by atoms with E-state index in [1.165, 1.54) is 0 Å². The van der Waals surface area contributed by atoms with Gasteiger partial charge in [0.1, 0.15) is 12.1 Å². The van der Waals surface area contributed by atoms with Crippen LogP contribution in [-0.4, -0.2) is 58.5 Å². The normalized spacial score (nSPS) is 17.5. The highest BCUT2D eigenvalue weighted by Gasteiger charge is 2.47. The lowest BCUT2D eigenvalue weighted by Gasteiger charge is -2.39. The van der Waals surface area contributed by atoms with Gasteiger partial charge in [0.15, 0.2) is 0 Å². The Bertz CT molecular complexity index is 355. The van der Waals surface area contributed by atoms with Crippen molar-refractivity contribution < 1.29 is 33.0 Å². The summed E-state index contributed by atoms with van der Waals surface area (Å²) < 4.78 is 36.8. The summed E-state index contributed by atoms with van der Waals surface area (Å²) in [6.45, 7) is -2.68. The van der Waals surface area contributed by atoms with Crippen LogP contribution in [0.15, 0.2) is 0 Å². The number of aliphatic carboxylic acids is 1. The summed E-state index contributed by atoms with van der Waals surface area (Å²) in [6, 6.07) is -1.13. The first-order chi connectivity index (χ1) is 8.70. The molecule has 2 amide bonds. The molecular formula is C10H15F3N2O4. The molecule has 0 heterocycles. The van der Waals surface area contributed by atoms with Gasteiger partial charge in [0, 0.05) is 6.54 Å². The fourth-order valence-corrected chi connectivity index (χ4v) is 1.80. The topological polar surface area (TPSA) is 89.9 Å². The van der Waals surface area contributed by atoms with Gasteiger partial charge in [0.2, 0.25) is 0 Å². The van der Waals surface area contributed by atoms with Crippen LogP contribution >= 0.6 is 0 Å². The standard InChI is InChI=1S/C10H15F3N2O4/c11-10(12,13)6-15(4-5-16)8(19)14-9(7(17)18)2-1-3-9/h16H,1-6H2,(H,14,19)(H,17,18). The van der Waals surface area contributed by atoms with Crippen LogP contribution in [0.2, 0.25) is 0 Å². The van der Waals surface area contributed by atoms with Gasteiger partial charge >= 0.3 is 18.2 Å². The minimum atomic E-state index is -4.61. The van der Waals surface area contributed by atoms with Crippen molar-refractivity contribution in [2.75, 3.05) is 19.7 Å². The Morgan fingerprint density at radius 3 is 2.21 bits per heavy atom. The van der Waals surface area contributed by atoms with Gasteiger partial charge in [-0.05, 0) is 19.3 Å². The molecule has 110 valence electrons. The number of urea groups is 1. The maximum atomic E-state index is 12.3. The average molecular weight is 284 g/mol. The molecular weight excluding hydrogens is 269 g/mol. The van der Waals surface area contributed by atoms with Crippen LogP contribution in [0.3, 0.4) is 0 Å². The zero-order chi connectivity index (χ0) is 14.7. The van der Waals surface area contributed by atoms with E-state index in [2.05, 4.69) is 5.32 Å². The number of rotatable bonds is 5. The van der Waals surface area contributed by atoms with Gasteiger partial charge in [-0.1, -0.05) is 0 Å². The van der Waals surface area contributed by atoms with Gasteiger partial charge in [0.25, 0.3) is 0 Å². The summed E-state index contributed by atoms with van der Waals surface area (Å²) >= 11 is 0. The zero-order valence-electron chi connectivity index (χ0n) is 10.0. The number of hydrogen-bond acceptors (Lipinski definition) is 3. The number of nitrogens with one attached hydrogen (secondary N) is 1. The molecule has 0 atom stereocenters. The number of carbonyl (C=O) groups is 2. The van der Waals surface area contributed by atoms with Crippen LogP contribution in [0.5, 0.6) is 0 Å². The number of carboxylic acid groups (broad SMARTS) is 1. The van der Waals surface area contributed by atoms with Crippen molar-refractivity contribution in [1.82, 2.24) is 10.2 Å². The number of aliphatic hydroxyl groups excluding tert-OH is 1. The molecule has 1 fully saturated rings. The average Bonchev–Trinajstić information content (AvgIpc) is 2.20.